The summed E-state index contributed by atoms with van der Waals surface area (Å²) in [4.78, 5) is 41.1. The van der Waals surface area contributed by atoms with Crippen molar-refractivity contribution in [2.45, 2.75) is 26.3 Å². The molecular formula is C17H26N4O4. The zero-order valence-electron chi connectivity index (χ0n) is 14.9. The Morgan fingerprint density at radius 3 is 2.64 bits per heavy atom. The third kappa shape index (κ3) is 3.49. The van der Waals surface area contributed by atoms with Crippen LogP contribution in [0.1, 0.15) is 19.8 Å². The topological polar surface area (TPSA) is 76.8 Å². The first-order chi connectivity index (χ1) is 12.0. The quantitative estimate of drug-likeness (QED) is 0.744. The van der Waals surface area contributed by atoms with Gasteiger partial charge in [-0.15, -0.1) is 0 Å². The van der Waals surface area contributed by atoms with E-state index in [2.05, 4.69) is 0 Å². The van der Waals surface area contributed by atoms with E-state index in [1.807, 2.05) is 16.7 Å². The molecule has 2 fully saturated rings. The second-order valence-corrected chi connectivity index (χ2v) is 6.65. The fourth-order valence-corrected chi connectivity index (χ4v) is 3.65. The Morgan fingerprint density at radius 2 is 1.96 bits per heavy atom. The van der Waals surface area contributed by atoms with Gasteiger partial charge >= 0.3 is 5.69 Å². The molecule has 0 aliphatic carbocycles. The first-order valence-electron chi connectivity index (χ1n) is 8.95. The fourth-order valence-electron chi connectivity index (χ4n) is 3.65. The van der Waals surface area contributed by atoms with Crippen LogP contribution in [0.15, 0.2) is 15.7 Å². The van der Waals surface area contributed by atoms with Crippen LogP contribution in [0.25, 0.3) is 0 Å². The molecule has 1 atom stereocenters. The van der Waals surface area contributed by atoms with Gasteiger partial charge in [-0.25, -0.2) is 4.79 Å². The molecule has 0 aromatic carbocycles. The highest BCUT2D eigenvalue weighted by Crippen LogP contribution is 2.23. The molecule has 138 valence electrons. The van der Waals surface area contributed by atoms with Gasteiger partial charge < -0.3 is 14.5 Å². The summed E-state index contributed by atoms with van der Waals surface area (Å²) < 4.78 is 8.03. The van der Waals surface area contributed by atoms with Crippen molar-refractivity contribution in [2.75, 3.05) is 44.3 Å². The van der Waals surface area contributed by atoms with E-state index in [1.165, 1.54) is 13.1 Å². The number of carbonyl (C=O) groups excluding carboxylic acids is 1. The van der Waals surface area contributed by atoms with Crippen LogP contribution in [0.4, 0.5) is 5.82 Å². The van der Waals surface area contributed by atoms with Crippen LogP contribution < -0.4 is 16.1 Å². The van der Waals surface area contributed by atoms with Gasteiger partial charge in [0.05, 0.1) is 19.1 Å². The molecule has 1 aromatic heterocycles. The predicted octanol–water partition coefficient (Wildman–Crippen LogP) is -0.358. The molecule has 3 rings (SSSR count). The number of anilines is 1. The third-order valence-corrected chi connectivity index (χ3v) is 5.11. The molecule has 25 heavy (non-hydrogen) atoms. The van der Waals surface area contributed by atoms with Crippen molar-refractivity contribution < 1.29 is 9.53 Å². The Labute approximate surface area is 146 Å². The number of rotatable bonds is 3. The van der Waals surface area contributed by atoms with Gasteiger partial charge in [-0.05, 0) is 19.8 Å². The van der Waals surface area contributed by atoms with Crippen LogP contribution in [0.3, 0.4) is 0 Å². The summed E-state index contributed by atoms with van der Waals surface area (Å²) in [6.45, 7) is 6.12. The van der Waals surface area contributed by atoms with Crippen molar-refractivity contribution in [1.29, 1.82) is 0 Å². The van der Waals surface area contributed by atoms with E-state index in [0.717, 1.165) is 24.0 Å². The van der Waals surface area contributed by atoms with Crippen LogP contribution in [-0.2, 0) is 23.1 Å². The molecule has 8 nitrogen and oxygen atoms in total. The molecule has 2 saturated heterocycles. The summed E-state index contributed by atoms with van der Waals surface area (Å²) >= 11 is 0. The van der Waals surface area contributed by atoms with Crippen molar-refractivity contribution in [3.63, 3.8) is 0 Å². The smallest absolute Gasteiger partial charge is 0.332 e. The van der Waals surface area contributed by atoms with E-state index in [0.29, 0.717) is 45.2 Å². The molecule has 0 radical (unpaired) electrons. The lowest BCUT2D eigenvalue weighted by atomic mass is 9.96. The minimum absolute atomic E-state index is 0.101. The molecule has 0 saturated carbocycles. The van der Waals surface area contributed by atoms with Crippen LogP contribution in [0.2, 0.25) is 0 Å². The molecule has 0 N–H and O–H groups in total. The number of aromatic nitrogens is 2. The Kier molecular flexibility index (Phi) is 5.27. The average Bonchev–Trinajstić information content (AvgIpc) is 2.66. The second-order valence-electron chi connectivity index (χ2n) is 6.65. The van der Waals surface area contributed by atoms with Gasteiger partial charge in [-0.1, -0.05) is 0 Å². The molecule has 1 unspecified atom stereocenters. The molecule has 0 spiro atoms. The summed E-state index contributed by atoms with van der Waals surface area (Å²) in [7, 11) is 1.49. The number of amides is 1. The highest BCUT2D eigenvalue weighted by molar-refractivity contribution is 5.79. The van der Waals surface area contributed by atoms with Gasteiger partial charge in [-0.3, -0.25) is 18.7 Å². The minimum atomic E-state index is -0.314. The molecule has 3 heterocycles. The summed E-state index contributed by atoms with van der Waals surface area (Å²) in [6, 6.07) is 1.51. The maximum absolute atomic E-state index is 12.8. The Morgan fingerprint density at radius 1 is 1.24 bits per heavy atom. The van der Waals surface area contributed by atoms with Crippen molar-refractivity contribution in [3.05, 3.63) is 26.9 Å². The zero-order chi connectivity index (χ0) is 18.0. The standard InChI is InChI=1S/C17H26N4O4/c1-3-21-14(11-15(22)18(2)17(21)24)20-6-4-5-13(12-20)16(23)19-7-9-25-10-8-19/h11,13H,3-10,12H2,1-2H3. The fraction of sp³-hybridized carbons (Fsp3) is 0.706. The van der Waals surface area contributed by atoms with Crippen molar-refractivity contribution >= 4 is 11.7 Å². The molecule has 0 bridgehead atoms. The van der Waals surface area contributed by atoms with E-state index in [1.54, 1.807) is 4.57 Å². The predicted molar refractivity (Wildman–Crippen MR) is 94.0 cm³/mol. The second kappa shape index (κ2) is 7.43. The summed E-state index contributed by atoms with van der Waals surface area (Å²) in [6.07, 6.45) is 1.71. The van der Waals surface area contributed by atoms with Gasteiger partial charge in [0, 0.05) is 45.8 Å². The number of morpholine rings is 1. The average molecular weight is 350 g/mol. The molecule has 1 aromatic rings. The third-order valence-electron chi connectivity index (χ3n) is 5.11. The highest BCUT2D eigenvalue weighted by atomic mass is 16.5. The van der Waals surface area contributed by atoms with E-state index in [-0.39, 0.29) is 23.1 Å². The van der Waals surface area contributed by atoms with Crippen LogP contribution in [0.5, 0.6) is 0 Å². The van der Waals surface area contributed by atoms with Gasteiger partial charge in [0.1, 0.15) is 5.82 Å². The van der Waals surface area contributed by atoms with Gasteiger partial charge in [0.25, 0.3) is 5.56 Å². The molecule has 8 heteroatoms. The number of ether oxygens (including phenoxy) is 1. The van der Waals surface area contributed by atoms with Crippen LogP contribution in [-0.4, -0.2) is 59.3 Å². The van der Waals surface area contributed by atoms with E-state index >= 15 is 0 Å². The van der Waals surface area contributed by atoms with Crippen LogP contribution >= 0.6 is 0 Å². The summed E-state index contributed by atoms with van der Waals surface area (Å²) in [5.41, 5.74) is -0.627. The molecule has 2 aliphatic rings. The van der Waals surface area contributed by atoms with E-state index in [4.69, 9.17) is 4.74 Å². The zero-order valence-corrected chi connectivity index (χ0v) is 14.9. The SMILES string of the molecule is CCn1c(N2CCCC(C(=O)N3CCOCC3)C2)cc(=O)n(C)c1=O. The lowest BCUT2D eigenvalue weighted by molar-refractivity contribution is -0.139. The molecule has 1 amide bonds. The minimum Gasteiger partial charge on any atom is -0.378 e. The molecular weight excluding hydrogens is 324 g/mol. The van der Waals surface area contributed by atoms with Crippen LogP contribution in [0, 0.1) is 5.92 Å². The summed E-state index contributed by atoms with van der Waals surface area (Å²) in [5, 5.41) is 0. The first-order valence-corrected chi connectivity index (χ1v) is 8.95. The number of nitrogens with zero attached hydrogens (tertiary/aromatic N) is 4. The van der Waals surface area contributed by atoms with Crippen molar-refractivity contribution in [1.82, 2.24) is 14.0 Å². The maximum Gasteiger partial charge on any atom is 0.332 e. The number of hydrogen-bond donors (Lipinski definition) is 0. The Bertz CT molecular complexity index is 748. The number of carbonyl (C=O) groups is 1. The Hall–Kier alpha value is -2.09. The maximum atomic E-state index is 12.8. The summed E-state index contributed by atoms with van der Waals surface area (Å²) in [5.74, 6) is 0.675. The lowest BCUT2D eigenvalue weighted by Crippen LogP contribution is -2.50. The largest absolute Gasteiger partial charge is 0.378 e. The highest BCUT2D eigenvalue weighted by Gasteiger charge is 2.31. The van der Waals surface area contributed by atoms with E-state index in [9.17, 15) is 14.4 Å². The Balaban J connectivity index is 1.83. The van der Waals surface area contributed by atoms with Gasteiger partial charge in [0.15, 0.2) is 0 Å². The normalized spacial score (nSPS) is 21.4. The number of hydrogen-bond acceptors (Lipinski definition) is 5. The molecule has 2 aliphatic heterocycles. The van der Waals surface area contributed by atoms with Gasteiger partial charge in [0.2, 0.25) is 5.91 Å². The van der Waals surface area contributed by atoms with Gasteiger partial charge in [-0.2, -0.15) is 0 Å². The van der Waals surface area contributed by atoms with Crippen molar-refractivity contribution in [2.24, 2.45) is 13.0 Å². The van der Waals surface area contributed by atoms with Crippen molar-refractivity contribution in [3.8, 4) is 0 Å². The lowest BCUT2D eigenvalue weighted by Gasteiger charge is -2.37. The monoisotopic (exact) mass is 350 g/mol. The first kappa shape index (κ1) is 17.7. The number of piperidine rings is 1. The van der Waals surface area contributed by atoms with E-state index < -0.39 is 0 Å².